The minimum Gasteiger partial charge on any atom is -0.508 e. The molecule has 0 saturated heterocycles. The van der Waals surface area contributed by atoms with E-state index in [4.69, 9.17) is 0 Å². The first kappa shape index (κ1) is 7.92. The summed E-state index contributed by atoms with van der Waals surface area (Å²) < 4.78 is 0. The van der Waals surface area contributed by atoms with E-state index in [0.29, 0.717) is 5.56 Å². The van der Waals surface area contributed by atoms with Crippen molar-refractivity contribution in [2.75, 3.05) is 0 Å². The molecular formula is C9H12O2. The van der Waals surface area contributed by atoms with E-state index < -0.39 is 0 Å². The van der Waals surface area contributed by atoms with Gasteiger partial charge in [0.2, 0.25) is 0 Å². The van der Waals surface area contributed by atoms with E-state index in [1.54, 1.807) is 19.1 Å². The number of rotatable bonds is 1. The molecule has 0 heterocycles. The van der Waals surface area contributed by atoms with Crippen molar-refractivity contribution in [2.24, 2.45) is 0 Å². The van der Waals surface area contributed by atoms with Gasteiger partial charge in [0.1, 0.15) is 11.5 Å². The van der Waals surface area contributed by atoms with Crippen LogP contribution in [0.1, 0.15) is 18.1 Å². The molecule has 0 aromatic heterocycles. The largest absolute Gasteiger partial charge is 0.508 e. The number of phenols is 2. The molecule has 2 N–H and O–H groups in total. The van der Waals surface area contributed by atoms with E-state index in [9.17, 15) is 10.2 Å². The van der Waals surface area contributed by atoms with Crippen LogP contribution in [0.25, 0.3) is 0 Å². The van der Waals surface area contributed by atoms with Crippen LogP contribution >= 0.6 is 0 Å². The van der Waals surface area contributed by atoms with E-state index in [1.807, 2.05) is 6.92 Å². The lowest BCUT2D eigenvalue weighted by Crippen LogP contribution is -1.82. The Hall–Kier alpha value is -1.18. The average molecular weight is 152 g/mol. The topological polar surface area (TPSA) is 40.5 Å². The summed E-state index contributed by atoms with van der Waals surface area (Å²) in [6.07, 6.45) is 0.821. The molecule has 0 fully saturated rings. The lowest BCUT2D eigenvalue weighted by atomic mass is 10.1. The minimum atomic E-state index is 0.168. The third-order valence-corrected chi connectivity index (χ3v) is 1.82. The molecule has 60 valence electrons. The van der Waals surface area contributed by atoms with Crippen molar-refractivity contribution in [2.45, 2.75) is 20.3 Å². The maximum Gasteiger partial charge on any atom is 0.122 e. The molecule has 0 aliphatic carbocycles. The Bertz CT molecular complexity index is 243. The summed E-state index contributed by atoms with van der Waals surface area (Å²) in [6, 6.07) is 3.35. The second kappa shape index (κ2) is 2.82. The Morgan fingerprint density at radius 3 is 2.00 bits per heavy atom. The minimum absolute atomic E-state index is 0.168. The van der Waals surface area contributed by atoms with Crippen molar-refractivity contribution in [1.82, 2.24) is 0 Å². The molecule has 0 saturated carbocycles. The molecule has 2 heteroatoms. The molecule has 0 aliphatic rings. The Morgan fingerprint density at radius 1 is 1.18 bits per heavy atom. The predicted molar refractivity (Wildman–Crippen MR) is 43.9 cm³/mol. The highest BCUT2D eigenvalue weighted by molar-refractivity contribution is 5.45. The lowest BCUT2D eigenvalue weighted by molar-refractivity contribution is 0.442. The molecule has 1 aromatic rings. The van der Waals surface area contributed by atoms with Crippen LogP contribution in [0.15, 0.2) is 12.1 Å². The third-order valence-electron chi connectivity index (χ3n) is 1.82. The Kier molecular flexibility index (Phi) is 2.03. The van der Waals surface area contributed by atoms with Gasteiger partial charge in [-0.3, -0.25) is 0 Å². The summed E-state index contributed by atoms with van der Waals surface area (Å²) in [7, 11) is 0. The quantitative estimate of drug-likeness (QED) is 0.645. The summed E-state index contributed by atoms with van der Waals surface area (Å²) in [6.45, 7) is 3.66. The summed E-state index contributed by atoms with van der Waals surface area (Å²) in [5, 5.41) is 18.5. The standard InChI is InChI=1S/C9H12O2/c1-3-7-4-8(10)6(2)9(11)5-7/h4-5,10-11H,3H2,1-2H3. The smallest absolute Gasteiger partial charge is 0.122 e. The van der Waals surface area contributed by atoms with Crippen molar-refractivity contribution in [3.8, 4) is 11.5 Å². The number of aromatic hydroxyl groups is 2. The fourth-order valence-corrected chi connectivity index (χ4v) is 0.945. The van der Waals surface area contributed by atoms with E-state index in [1.165, 1.54) is 0 Å². The van der Waals surface area contributed by atoms with Gasteiger partial charge >= 0.3 is 0 Å². The molecule has 0 aliphatic heterocycles. The Morgan fingerprint density at radius 2 is 1.64 bits per heavy atom. The number of benzene rings is 1. The zero-order valence-corrected chi connectivity index (χ0v) is 6.76. The first-order valence-corrected chi connectivity index (χ1v) is 3.66. The van der Waals surface area contributed by atoms with Gasteiger partial charge in [-0.05, 0) is 31.0 Å². The first-order valence-electron chi connectivity index (χ1n) is 3.66. The normalized spacial score (nSPS) is 10.0. The van der Waals surface area contributed by atoms with Gasteiger partial charge in [0.25, 0.3) is 0 Å². The lowest BCUT2D eigenvalue weighted by Gasteiger charge is -2.04. The van der Waals surface area contributed by atoms with Crippen LogP contribution in [-0.4, -0.2) is 10.2 Å². The first-order chi connectivity index (χ1) is 5.15. The predicted octanol–water partition coefficient (Wildman–Crippen LogP) is 1.97. The van der Waals surface area contributed by atoms with E-state index in [0.717, 1.165) is 12.0 Å². The molecule has 0 radical (unpaired) electrons. The summed E-state index contributed by atoms with van der Waals surface area (Å²) >= 11 is 0. The summed E-state index contributed by atoms with van der Waals surface area (Å²) in [5.74, 6) is 0.337. The zero-order valence-electron chi connectivity index (χ0n) is 6.76. The van der Waals surface area contributed by atoms with Crippen molar-refractivity contribution < 1.29 is 10.2 Å². The number of hydrogen-bond acceptors (Lipinski definition) is 2. The maximum atomic E-state index is 9.25. The molecule has 0 amide bonds. The van der Waals surface area contributed by atoms with Gasteiger partial charge in [0, 0.05) is 5.56 Å². The second-order valence-corrected chi connectivity index (χ2v) is 2.61. The average Bonchev–Trinajstić information content (AvgIpc) is 1.99. The zero-order chi connectivity index (χ0) is 8.43. The van der Waals surface area contributed by atoms with Crippen LogP contribution in [-0.2, 0) is 6.42 Å². The number of aryl methyl sites for hydroxylation is 1. The molecule has 0 atom stereocenters. The molecular weight excluding hydrogens is 140 g/mol. The fraction of sp³-hybridized carbons (Fsp3) is 0.333. The van der Waals surface area contributed by atoms with Gasteiger partial charge in [0.15, 0.2) is 0 Å². The summed E-state index contributed by atoms with van der Waals surface area (Å²) in [4.78, 5) is 0. The van der Waals surface area contributed by atoms with Gasteiger partial charge < -0.3 is 10.2 Å². The van der Waals surface area contributed by atoms with Crippen molar-refractivity contribution in [3.63, 3.8) is 0 Å². The van der Waals surface area contributed by atoms with Crippen LogP contribution in [0.3, 0.4) is 0 Å². The van der Waals surface area contributed by atoms with Crippen LogP contribution in [0.5, 0.6) is 11.5 Å². The number of hydrogen-bond donors (Lipinski definition) is 2. The second-order valence-electron chi connectivity index (χ2n) is 2.61. The van der Waals surface area contributed by atoms with E-state index in [2.05, 4.69) is 0 Å². The molecule has 0 bridgehead atoms. The van der Waals surface area contributed by atoms with Gasteiger partial charge in [-0.2, -0.15) is 0 Å². The van der Waals surface area contributed by atoms with Gasteiger partial charge in [0.05, 0.1) is 0 Å². The SMILES string of the molecule is CCc1cc(O)c(C)c(O)c1. The summed E-state index contributed by atoms with van der Waals surface area (Å²) in [5.41, 5.74) is 1.49. The number of phenolic OH excluding ortho intramolecular Hbond substituents is 2. The molecule has 2 nitrogen and oxygen atoms in total. The molecule has 1 rings (SSSR count). The van der Waals surface area contributed by atoms with E-state index >= 15 is 0 Å². The van der Waals surface area contributed by atoms with Crippen LogP contribution in [0.4, 0.5) is 0 Å². The van der Waals surface area contributed by atoms with Crippen molar-refractivity contribution in [3.05, 3.63) is 23.3 Å². The van der Waals surface area contributed by atoms with Gasteiger partial charge in [-0.1, -0.05) is 6.92 Å². The van der Waals surface area contributed by atoms with Crippen LogP contribution in [0, 0.1) is 6.92 Å². The molecule has 1 aromatic carbocycles. The highest BCUT2D eigenvalue weighted by Gasteiger charge is 2.02. The highest BCUT2D eigenvalue weighted by atomic mass is 16.3. The van der Waals surface area contributed by atoms with Crippen molar-refractivity contribution in [1.29, 1.82) is 0 Å². The molecule has 0 unspecified atom stereocenters. The van der Waals surface area contributed by atoms with Crippen LogP contribution in [0.2, 0.25) is 0 Å². The van der Waals surface area contributed by atoms with Gasteiger partial charge in [-0.25, -0.2) is 0 Å². The van der Waals surface area contributed by atoms with Gasteiger partial charge in [-0.15, -0.1) is 0 Å². The van der Waals surface area contributed by atoms with E-state index in [-0.39, 0.29) is 11.5 Å². The Labute approximate surface area is 66.1 Å². The van der Waals surface area contributed by atoms with Crippen LogP contribution < -0.4 is 0 Å². The maximum absolute atomic E-state index is 9.25. The fourth-order valence-electron chi connectivity index (χ4n) is 0.945. The highest BCUT2D eigenvalue weighted by Crippen LogP contribution is 2.27. The monoisotopic (exact) mass is 152 g/mol. The molecule has 11 heavy (non-hydrogen) atoms. The Balaban J connectivity index is 3.21. The molecule has 0 spiro atoms. The third kappa shape index (κ3) is 1.45. The van der Waals surface area contributed by atoms with Crippen molar-refractivity contribution >= 4 is 0 Å².